The Kier molecular flexibility index (Phi) is 5.46. The predicted octanol–water partition coefficient (Wildman–Crippen LogP) is 4.37. The summed E-state index contributed by atoms with van der Waals surface area (Å²) in [6, 6.07) is 15.2. The lowest BCUT2D eigenvalue weighted by molar-refractivity contribution is -0.128. The van der Waals surface area contributed by atoms with Gasteiger partial charge in [0.05, 0.1) is 36.3 Å². The van der Waals surface area contributed by atoms with E-state index in [4.69, 9.17) is 9.47 Å². The van der Waals surface area contributed by atoms with Crippen LogP contribution in [0, 0.1) is 0 Å². The molecule has 1 fully saturated rings. The van der Waals surface area contributed by atoms with Crippen LogP contribution in [0.2, 0.25) is 0 Å². The molecule has 1 aromatic carbocycles. The molecule has 0 aliphatic carbocycles. The van der Waals surface area contributed by atoms with E-state index in [-0.39, 0.29) is 18.6 Å². The monoisotopic (exact) mass is 428 g/mol. The highest BCUT2D eigenvalue weighted by Gasteiger charge is 2.33. The van der Waals surface area contributed by atoms with E-state index in [9.17, 15) is 4.79 Å². The Balaban J connectivity index is 1.33. The molecule has 7 nitrogen and oxygen atoms in total. The van der Waals surface area contributed by atoms with Crippen molar-refractivity contribution >= 4 is 23.5 Å². The lowest BCUT2D eigenvalue weighted by Gasteiger charge is -2.27. The van der Waals surface area contributed by atoms with Crippen LogP contribution in [0.5, 0.6) is 11.5 Å². The molecule has 1 atom stereocenters. The minimum absolute atomic E-state index is 0.00143. The van der Waals surface area contributed by atoms with Gasteiger partial charge in [-0.1, -0.05) is 6.07 Å². The number of ether oxygens (including phenoxy) is 2. The van der Waals surface area contributed by atoms with Gasteiger partial charge in [0, 0.05) is 18.3 Å². The number of hydrogen-bond acceptors (Lipinski definition) is 6. The highest BCUT2D eigenvalue weighted by atomic mass is 16.5. The number of carbonyl (C=O) groups is 1. The molecule has 2 aliphatic heterocycles. The standard InChI is InChI=1S/C25H24N4O3/c1-31-20-8-10-23-17(14-20)13-18(16-32-23)25(30)29-12-4-5-22(29)21-9-7-19(15-27-21)28-24-6-2-3-11-26-24/h2-3,6-11,13-15,22H,4-5,12,16H2,1H3,(H,26,28). The summed E-state index contributed by atoms with van der Waals surface area (Å²) in [6.07, 6.45) is 7.28. The zero-order valence-corrected chi connectivity index (χ0v) is 17.8. The van der Waals surface area contributed by atoms with Crippen LogP contribution in [-0.2, 0) is 4.79 Å². The SMILES string of the molecule is COc1ccc2c(c1)C=C(C(=O)N1CCCC1c1ccc(Nc3ccccn3)cn1)CO2. The van der Waals surface area contributed by atoms with Gasteiger partial charge in [0.1, 0.15) is 23.9 Å². The molecule has 162 valence electrons. The summed E-state index contributed by atoms with van der Waals surface area (Å²) in [5.41, 5.74) is 3.25. The third-order valence-electron chi connectivity index (χ3n) is 5.78. The Labute approximate surface area is 186 Å². The van der Waals surface area contributed by atoms with E-state index < -0.39 is 0 Å². The fraction of sp³-hybridized carbons (Fsp3) is 0.240. The number of likely N-dealkylation sites (tertiary alicyclic amines) is 1. The van der Waals surface area contributed by atoms with E-state index in [0.29, 0.717) is 12.1 Å². The molecule has 7 heteroatoms. The molecular formula is C25H24N4O3. The molecule has 1 unspecified atom stereocenters. The van der Waals surface area contributed by atoms with Gasteiger partial charge in [-0.2, -0.15) is 0 Å². The second kappa shape index (κ2) is 8.70. The van der Waals surface area contributed by atoms with Crippen molar-refractivity contribution in [1.82, 2.24) is 14.9 Å². The Bertz CT molecular complexity index is 1150. The summed E-state index contributed by atoms with van der Waals surface area (Å²) in [7, 11) is 1.63. The van der Waals surface area contributed by atoms with Crippen LogP contribution in [0.4, 0.5) is 11.5 Å². The Hall–Kier alpha value is -3.87. The normalized spacial score (nSPS) is 17.2. The van der Waals surface area contributed by atoms with Gasteiger partial charge >= 0.3 is 0 Å². The number of nitrogens with zero attached hydrogens (tertiary/aromatic N) is 3. The zero-order valence-electron chi connectivity index (χ0n) is 17.8. The van der Waals surface area contributed by atoms with Gasteiger partial charge in [-0.15, -0.1) is 0 Å². The maximum atomic E-state index is 13.4. The predicted molar refractivity (Wildman–Crippen MR) is 122 cm³/mol. The molecule has 0 spiro atoms. The maximum absolute atomic E-state index is 13.4. The van der Waals surface area contributed by atoms with Gasteiger partial charge in [0.25, 0.3) is 5.91 Å². The number of fused-ring (bicyclic) bond motifs is 1. The zero-order chi connectivity index (χ0) is 21.9. The largest absolute Gasteiger partial charge is 0.497 e. The van der Waals surface area contributed by atoms with E-state index in [0.717, 1.165) is 47.1 Å². The number of amides is 1. The topological polar surface area (TPSA) is 76.6 Å². The molecule has 3 aromatic rings. The molecule has 4 heterocycles. The molecule has 2 aromatic heterocycles. The van der Waals surface area contributed by atoms with Crippen LogP contribution in [0.3, 0.4) is 0 Å². The first-order valence-electron chi connectivity index (χ1n) is 10.7. The second-order valence-corrected chi connectivity index (χ2v) is 7.83. The van der Waals surface area contributed by atoms with Gasteiger partial charge in [-0.05, 0) is 61.4 Å². The van der Waals surface area contributed by atoms with Gasteiger partial charge in [0.15, 0.2) is 0 Å². The van der Waals surface area contributed by atoms with E-state index in [1.54, 1.807) is 19.5 Å². The number of anilines is 2. The van der Waals surface area contributed by atoms with Crippen LogP contribution in [-0.4, -0.2) is 41.0 Å². The van der Waals surface area contributed by atoms with Crippen molar-refractivity contribution in [2.45, 2.75) is 18.9 Å². The molecule has 2 aliphatic rings. The molecule has 1 saturated heterocycles. The van der Waals surface area contributed by atoms with Crippen molar-refractivity contribution in [2.75, 3.05) is 25.6 Å². The molecule has 0 radical (unpaired) electrons. The quantitative estimate of drug-likeness (QED) is 0.650. The molecular weight excluding hydrogens is 404 g/mol. The fourth-order valence-corrected chi connectivity index (χ4v) is 4.17. The first-order chi connectivity index (χ1) is 15.7. The average molecular weight is 428 g/mol. The smallest absolute Gasteiger partial charge is 0.253 e. The van der Waals surface area contributed by atoms with Crippen molar-refractivity contribution in [3.05, 3.63) is 77.8 Å². The number of benzene rings is 1. The van der Waals surface area contributed by atoms with Crippen molar-refractivity contribution in [2.24, 2.45) is 0 Å². The van der Waals surface area contributed by atoms with E-state index in [1.165, 1.54) is 0 Å². The maximum Gasteiger partial charge on any atom is 0.253 e. The van der Waals surface area contributed by atoms with E-state index in [1.807, 2.05) is 59.5 Å². The molecule has 1 N–H and O–H groups in total. The van der Waals surface area contributed by atoms with Crippen LogP contribution < -0.4 is 14.8 Å². The van der Waals surface area contributed by atoms with Crippen molar-refractivity contribution in [1.29, 1.82) is 0 Å². The van der Waals surface area contributed by atoms with Crippen LogP contribution in [0.1, 0.15) is 30.1 Å². The first kappa shape index (κ1) is 20.1. The number of rotatable bonds is 5. The van der Waals surface area contributed by atoms with E-state index >= 15 is 0 Å². The highest BCUT2D eigenvalue weighted by molar-refractivity contribution is 5.99. The third-order valence-corrected chi connectivity index (χ3v) is 5.78. The average Bonchev–Trinajstić information content (AvgIpc) is 3.34. The van der Waals surface area contributed by atoms with Crippen molar-refractivity contribution in [3.8, 4) is 11.5 Å². The minimum Gasteiger partial charge on any atom is -0.497 e. The summed E-state index contributed by atoms with van der Waals surface area (Å²) >= 11 is 0. The van der Waals surface area contributed by atoms with Crippen molar-refractivity contribution < 1.29 is 14.3 Å². The number of nitrogens with one attached hydrogen (secondary N) is 1. The number of hydrogen-bond donors (Lipinski definition) is 1. The summed E-state index contributed by atoms with van der Waals surface area (Å²) < 4.78 is 11.1. The Morgan fingerprint density at radius 3 is 2.91 bits per heavy atom. The fourth-order valence-electron chi connectivity index (χ4n) is 4.17. The number of carbonyl (C=O) groups excluding carboxylic acids is 1. The number of pyridine rings is 2. The summed E-state index contributed by atoms with van der Waals surface area (Å²) in [4.78, 5) is 24.2. The Morgan fingerprint density at radius 2 is 2.12 bits per heavy atom. The van der Waals surface area contributed by atoms with Crippen LogP contribution in [0.25, 0.3) is 6.08 Å². The van der Waals surface area contributed by atoms with Gasteiger partial charge in [0.2, 0.25) is 0 Å². The lowest BCUT2D eigenvalue weighted by atomic mass is 10.0. The van der Waals surface area contributed by atoms with Crippen LogP contribution in [0.15, 0.2) is 66.5 Å². The second-order valence-electron chi connectivity index (χ2n) is 7.83. The molecule has 0 saturated carbocycles. The molecule has 5 rings (SSSR count). The summed E-state index contributed by atoms with van der Waals surface area (Å²) in [5, 5.41) is 3.24. The van der Waals surface area contributed by atoms with Gasteiger partial charge < -0.3 is 19.7 Å². The summed E-state index contributed by atoms with van der Waals surface area (Å²) in [5.74, 6) is 2.26. The van der Waals surface area contributed by atoms with Crippen LogP contribution >= 0.6 is 0 Å². The highest BCUT2D eigenvalue weighted by Crippen LogP contribution is 2.35. The molecule has 1 amide bonds. The van der Waals surface area contributed by atoms with E-state index in [2.05, 4.69) is 15.3 Å². The van der Waals surface area contributed by atoms with Gasteiger partial charge in [-0.25, -0.2) is 4.98 Å². The van der Waals surface area contributed by atoms with Gasteiger partial charge in [-0.3, -0.25) is 9.78 Å². The lowest BCUT2D eigenvalue weighted by Crippen LogP contribution is -2.34. The third kappa shape index (κ3) is 4.01. The number of methoxy groups -OCH3 is 1. The minimum atomic E-state index is -0.0426. The molecule has 32 heavy (non-hydrogen) atoms. The number of aromatic nitrogens is 2. The Morgan fingerprint density at radius 1 is 1.19 bits per heavy atom. The first-order valence-corrected chi connectivity index (χ1v) is 10.7. The van der Waals surface area contributed by atoms with Crippen molar-refractivity contribution in [3.63, 3.8) is 0 Å². The molecule has 0 bridgehead atoms. The summed E-state index contributed by atoms with van der Waals surface area (Å²) in [6.45, 7) is 0.975.